The van der Waals surface area contributed by atoms with Gasteiger partial charge in [-0.3, -0.25) is 18.9 Å². The Kier molecular flexibility index (Phi) is 5.22. The lowest BCUT2D eigenvalue weighted by molar-refractivity contribution is -0.140. The molecule has 0 bridgehead atoms. The van der Waals surface area contributed by atoms with Crippen molar-refractivity contribution in [1.29, 1.82) is 0 Å². The van der Waals surface area contributed by atoms with Crippen LogP contribution in [0.15, 0.2) is 45.4 Å². The maximum Gasteiger partial charge on any atom is 0.336 e. The molecule has 8 heteroatoms. The van der Waals surface area contributed by atoms with Gasteiger partial charge in [0.15, 0.2) is 0 Å². The molecule has 2 aromatic heterocycles. The van der Waals surface area contributed by atoms with Gasteiger partial charge in [0.1, 0.15) is 5.82 Å². The fourth-order valence-corrected chi connectivity index (χ4v) is 3.37. The average molecular weight is 384 g/mol. The number of pyridine rings is 1. The molecule has 8 nitrogen and oxygen atoms in total. The van der Waals surface area contributed by atoms with Crippen molar-refractivity contribution in [2.45, 2.75) is 26.7 Å². The summed E-state index contributed by atoms with van der Waals surface area (Å²) in [6, 6.07) is 3.51. The molecular weight excluding hydrogens is 360 g/mol. The normalized spacial score (nSPS) is 16.0. The van der Waals surface area contributed by atoms with Crippen LogP contribution >= 0.6 is 0 Å². The highest BCUT2D eigenvalue weighted by atomic mass is 16.5. The zero-order valence-electron chi connectivity index (χ0n) is 16.6. The molecule has 3 heterocycles. The summed E-state index contributed by atoms with van der Waals surface area (Å²) in [5.41, 5.74) is 1.07. The Morgan fingerprint density at radius 2 is 1.86 bits per heavy atom. The van der Waals surface area contributed by atoms with Gasteiger partial charge in [-0.05, 0) is 30.5 Å². The molecule has 148 valence electrons. The Bertz CT molecular complexity index is 1060. The molecule has 0 saturated carbocycles. The second-order valence-corrected chi connectivity index (χ2v) is 7.34. The Balaban J connectivity index is 2.27. The van der Waals surface area contributed by atoms with Crippen LogP contribution in [0.25, 0.3) is 0 Å². The quantitative estimate of drug-likeness (QED) is 0.803. The van der Waals surface area contributed by atoms with E-state index < -0.39 is 23.1 Å². The number of carbonyl (C=O) groups is 1. The predicted octanol–water partition coefficient (Wildman–Crippen LogP) is 1.51. The van der Waals surface area contributed by atoms with E-state index in [4.69, 9.17) is 4.74 Å². The van der Waals surface area contributed by atoms with Crippen molar-refractivity contribution in [3.05, 3.63) is 67.8 Å². The van der Waals surface area contributed by atoms with Gasteiger partial charge < -0.3 is 10.1 Å². The van der Waals surface area contributed by atoms with E-state index >= 15 is 0 Å². The number of nitrogens with one attached hydrogen (secondary N) is 1. The zero-order chi connectivity index (χ0) is 20.6. The van der Waals surface area contributed by atoms with Crippen LogP contribution in [0.2, 0.25) is 0 Å². The van der Waals surface area contributed by atoms with Gasteiger partial charge in [0.25, 0.3) is 5.56 Å². The van der Waals surface area contributed by atoms with E-state index in [0.29, 0.717) is 22.7 Å². The van der Waals surface area contributed by atoms with E-state index in [0.717, 1.165) is 10.1 Å². The number of hydrogen-bond donors (Lipinski definition) is 1. The Hall–Kier alpha value is -3.16. The van der Waals surface area contributed by atoms with Crippen molar-refractivity contribution < 1.29 is 9.53 Å². The molecule has 0 aliphatic carbocycles. The number of rotatable bonds is 4. The van der Waals surface area contributed by atoms with E-state index in [1.165, 1.54) is 11.6 Å². The lowest BCUT2D eigenvalue weighted by Gasteiger charge is -2.30. The van der Waals surface area contributed by atoms with Crippen LogP contribution in [0.3, 0.4) is 0 Å². The summed E-state index contributed by atoms with van der Waals surface area (Å²) < 4.78 is 7.90. The van der Waals surface area contributed by atoms with E-state index in [1.54, 1.807) is 38.5 Å². The number of hydrogen-bond acceptors (Lipinski definition) is 6. The third-order valence-corrected chi connectivity index (χ3v) is 4.79. The number of aromatic nitrogens is 3. The molecule has 3 rings (SSSR count). The summed E-state index contributed by atoms with van der Waals surface area (Å²) in [7, 11) is 3.02. The number of esters is 1. The topological polar surface area (TPSA) is 95.2 Å². The van der Waals surface area contributed by atoms with Gasteiger partial charge in [-0.2, -0.15) is 0 Å². The second kappa shape index (κ2) is 7.46. The highest BCUT2D eigenvalue weighted by molar-refractivity contribution is 5.94. The first-order valence-corrected chi connectivity index (χ1v) is 9.08. The van der Waals surface area contributed by atoms with Crippen molar-refractivity contribution in [2.24, 2.45) is 20.0 Å². The van der Waals surface area contributed by atoms with Crippen LogP contribution < -0.4 is 16.6 Å². The highest BCUT2D eigenvalue weighted by Crippen LogP contribution is 2.39. The maximum absolute atomic E-state index is 13.0. The third-order valence-electron chi connectivity index (χ3n) is 4.79. The van der Waals surface area contributed by atoms with Crippen LogP contribution in [0.5, 0.6) is 0 Å². The fourth-order valence-electron chi connectivity index (χ4n) is 3.37. The van der Waals surface area contributed by atoms with E-state index in [9.17, 15) is 14.4 Å². The van der Waals surface area contributed by atoms with Gasteiger partial charge in [-0.25, -0.2) is 9.59 Å². The van der Waals surface area contributed by atoms with Crippen LogP contribution in [0.1, 0.15) is 37.8 Å². The van der Waals surface area contributed by atoms with Crippen molar-refractivity contribution >= 4 is 11.8 Å². The predicted molar refractivity (Wildman–Crippen MR) is 105 cm³/mol. The van der Waals surface area contributed by atoms with Crippen molar-refractivity contribution in [3.63, 3.8) is 0 Å². The van der Waals surface area contributed by atoms with Crippen molar-refractivity contribution in [3.8, 4) is 0 Å². The van der Waals surface area contributed by atoms with E-state index in [2.05, 4.69) is 10.3 Å². The summed E-state index contributed by atoms with van der Waals surface area (Å²) in [5.74, 6) is -0.582. The summed E-state index contributed by atoms with van der Waals surface area (Å²) in [5, 5.41) is 3.07. The molecule has 1 N–H and O–H groups in total. The molecule has 28 heavy (non-hydrogen) atoms. The lowest BCUT2D eigenvalue weighted by atomic mass is 9.82. The second-order valence-electron chi connectivity index (χ2n) is 7.34. The van der Waals surface area contributed by atoms with Crippen LogP contribution in [0.4, 0.5) is 5.82 Å². The minimum absolute atomic E-state index is 0.182. The minimum Gasteiger partial charge on any atom is -0.462 e. The summed E-state index contributed by atoms with van der Waals surface area (Å²) in [6.45, 7) is 5.92. The standard InChI is InChI=1S/C20H24N4O4/c1-11(2)10-28-19(26)14-12(3)22-17-16(15(14)13-6-8-21-9-7-13)18(25)24(5)20(27)23(17)4/h6-9,11,15,22H,10H2,1-5H3. The molecule has 2 aromatic rings. The van der Waals surface area contributed by atoms with E-state index in [-0.39, 0.29) is 12.5 Å². The molecule has 0 radical (unpaired) electrons. The average Bonchev–Trinajstić information content (AvgIpc) is 2.68. The Morgan fingerprint density at radius 3 is 2.46 bits per heavy atom. The zero-order valence-corrected chi connectivity index (χ0v) is 16.6. The molecule has 1 aliphatic heterocycles. The van der Waals surface area contributed by atoms with Crippen LogP contribution in [-0.4, -0.2) is 26.7 Å². The van der Waals surface area contributed by atoms with Gasteiger partial charge >= 0.3 is 11.7 Å². The molecular formula is C20H24N4O4. The molecule has 0 fully saturated rings. The number of nitrogens with zero attached hydrogens (tertiary/aromatic N) is 3. The SMILES string of the molecule is CC1=C(C(=O)OCC(C)C)C(c2ccncc2)c2c(n(C)c(=O)n(C)c2=O)N1. The fraction of sp³-hybridized carbons (Fsp3) is 0.400. The van der Waals surface area contributed by atoms with Gasteiger partial charge in [-0.1, -0.05) is 13.8 Å². The summed E-state index contributed by atoms with van der Waals surface area (Å²) in [6.07, 6.45) is 3.21. The molecule has 0 saturated heterocycles. The number of anilines is 1. The van der Waals surface area contributed by atoms with Gasteiger partial charge in [0.05, 0.1) is 23.7 Å². The first-order chi connectivity index (χ1) is 13.2. The maximum atomic E-state index is 13.0. The summed E-state index contributed by atoms with van der Waals surface area (Å²) >= 11 is 0. The molecule has 0 aromatic carbocycles. The first-order valence-electron chi connectivity index (χ1n) is 9.08. The lowest BCUT2D eigenvalue weighted by Crippen LogP contribution is -2.43. The van der Waals surface area contributed by atoms with Crippen LogP contribution in [0, 0.1) is 5.92 Å². The molecule has 0 amide bonds. The van der Waals surface area contributed by atoms with Crippen molar-refractivity contribution in [1.82, 2.24) is 14.1 Å². The van der Waals surface area contributed by atoms with Gasteiger partial charge in [0.2, 0.25) is 0 Å². The smallest absolute Gasteiger partial charge is 0.336 e. The number of ether oxygens (including phenoxy) is 1. The largest absolute Gasteiger partial charge is 0.462 e. The van der Waals surface area contributed by atoms with Crippen molar-refractivity contribution in [2.75, 3.05) is 11.9 Å². The van der Waals surface area contributed by atoms with Gasteiger partial charge in [-0.15, -0.1) is 0 Å². The molecule has 1 aliphatic rings. The first kappa shape index (κ1) is 19.6. The number of fused-ring (bicyclic) bond motifs is 1. The Labute approximate surface area is 162 Å². The number of carbonyl (C=O) groups excluding carboxylic acids is 1. The monoisotopic (exact) mass is 384 g/mol. The molecule has 1 unspecified atom stereocenters. The molecule has 0 spiro atoms. The highest BCUT2D eigenvalue weighted by Gasteiger charge is 2.37. The summed E-state index contributed by atoms with van der Waals surface area (Å²) in [4.78, 5) is 42.4. The minimum atomic E-state index is -0.663. The van der Waals surface area contributed by atoms with Crippen LogP contribution in [-0.2, 0) is 23.6 Å². The van der Waals surface area contributed by atoms with E-state index in [1.807, 2.05) is 13.8 Å². The van der Waals surface area contributed by atoms with Gasteiger partial charge in [0, 0.05) is 32.2 Å². The Morgan fingerprint density at radius 1 is 1.21 bits per heavy atom. The molecule has 1 atom stereocenters. The third kappa shape index (κ3) is 3.26. The number of allylic oxidation sites excluding steroid dienone is 1.